The minimum Gasteiger partial charge on any atom is -0.423 e. The van der Waals surface area contributed by atoms with Crippen molar-refractivity contribution in [3.8, 4) is 5.75 Å². The standard InChI is InChI=1S/C21H30F2O2/c1-2-3-4-5-6-7-8-16-9-11-17(12-10-16)21(24)25-20-14-13-18(22)15-19(20)23/h13-17H,2-12H2,1H3. The van der Waals surface area contributed by atoms with E-state index in [4.69, 9.17) is 4.74 Å². The summed E-state index contributed by atoms with van der Waals surface area (Å²) in [5, 5.41) is 0. The summed E-state index contributed by atoms with van der Waals surface area (Å²) in [5.74, 6) is -1.52. The van der Waals surface area contributed by atoms with Crippen molar-refractivity contribution in [2.24, 2.45) is 11.8 Å². The van der Waals surface area contributed by atoms with E-state index in [0.29, 0.717) is 5.92 Å². The fraction of sp³-hybridized carbons (Fsp3) is 0.667. The molecule has 0 spiro atoms. The van der Waals surface area contributed by atoms with E-state index in [1.165, 1.54) is 51.0 Å². The molecular formula is C21H30F2O2. The summed E-state index contributed by atoms with van der Waals surface area (Å²) in [5.41, 5.74) is 0. The summed E-state index contributed by atoms with van der Waals surface area (Å²) < 4.78 is 31.6. The van der Waals surface area contributed by atoms with E-state index < -0.39 is 11.6 Å². The van der Waals surface area contributed by atoms with Crippen molar-refractivity contribution in [2.75, 3.05) is 0 Å². The molecule has 0 radical (unpaired) electrons. The molecule has 0 aromatic heterocycles. The molecule has 1 aliphatic carbocycles. The minimum atomic E-state index is -0.829. The topological polar surface area (TPSA) is 26.3 Å². The number of hydrogen-bond acceptors (Lipinski definition) is 2. The second-order valence-electron chi connectivity index (χ2n) is 7.27. The highest BCUT2D eigenvalue weighted by Crippen LogP contribution is 2.33. The van der Waals surface area contributed by atoms with Crippen molar-refractivity contribution in [3.63, 3.8) is 0 Å². The number of carbonyl (C=O) groups excluding carboxylic acids is 1. The molecule has 0 amide bonds. The third-order valence-electron chi connectivity index (χ3n) is 5.25. The van der Waals surface area contributed by atoms with E-state index in [1.54, 1.807) is 0 Å². The van der Waals surface area contributed by atoms with Crippen LogP contribution in [0, 0.1) is 23.5 Å². The largest absolute Gasteiger partial charge is 0.423 e. The van der Waals surface area contributed by atoms with Crippen LogP contribution in [-0.4, -0.2) is 5.97 Å². The van der Waals surface area contributed by atoms with Crippen molar-refractivity contribution in [1.82, 2.24) is 0 Å². The van der Waals surface area contributed by atoms with Crippen LogP contribution >= 0.6 is 0 Å². The van der Waals surface area contributed by atoms with Crippen molar-refractivity contribution >= 4 is 5.97 Å². The summed E-state index contributed by atoms with van der Waals surface area (Å²) in [6, 6.07) is 3.01. The fourth-order valence-electron chi connectivity index (χ4n) is 3.65. The molecule has 0 heterocycles. The number of halogens is 2. The normalized spacial score (nSPS) is 20.4. The molecule has 140 valence electrons. The highest BCUT2D eigenvalue weighted by atomic mass is 19.1. The van der Waals surface area contributed by atoms with E-state index >= 15 is 0 Å². The molecule has 1 aromatic carbocycles. The molecule has 1 aliphatic rings. The first kappa shape index (κ1) is 19.9. The molecule has 0 N–H and O–H groups in total. The lowest BCUT2D eigenvalue weighted by atomic mass is 9.80. The Labute approximate surface area is 150 Å². The first-order chi connectivity index (χ1) is 12.1. The Balaban J connectivity index is 1.66. The highest BCUT2D eigenvalue weighted by Gasteiger charge is 2.28. The summed E-state index contributed by atoms with van der Waals surface area (Å²) in [6.45, 7) is 2.23. The van der Waals surface area contributed by atoms with Gasteiger partial charge in [0.1, 0.15) is 5.82 Å². The molecule has 1 aromatic rings. The van der Waals surface area contributed by atoms with Crippen molar-refractivity contribution in [2.45, 2.75) is 77.6 Å². The van der Waals surface area contributed by atoms with Gasteiger partial charge in [0, 0.05) is 6.07 Å². The molecule has 25 heavy (non-hydrogen) atoms. The third kappa shape index (κ3) is 6.75. The Kier molecular flexibility index (Phi) is 8.36. The zero-order chi connectivity index (χ0) is 18.1. The molecule has 2 nitrogen and oxygen atoms in total. The van der Waals surface area contributed by atoms with E-state index in [1.807, 2.05) is 0 Å². The van der Waals surface area contributed by atoms with E-state index in [0.717, 1.165) is 37.8 Å². The first-order valence-corrected chi connectivity index (χ1v) is 9.77. The van der Waals surface area contributed by atoms with Gasteiger partial charge in [-0.3, -0.25) is 4.79 Å². The van der Waals surface area contributed by atoms with Crippen molar-refractivity contribution in [3.05, 3.63) is 29.8 Å². The summed E-state index contributed by atoms with van der Waals surface area (Å²) in [6.07, 6.45) is 12.8. The molecule has 2 rings (SSSR count). The highest BCUT2D eigenvalue weighted by molar-refractivity contribution is 5.75. The Morgan fingerprint density at radius 2 is 1.72 bits per heavy atom. The molecule has 0 atom stereocenters. The lowest BCUT2D eigenvalue weighted by Gasteiger charge is -2.27. The van der Waals surface area contributed by atoms with Gasteiger partial charge in [0.25, 0.3) is 0 Å². The van der Waals surface area contributed by atoms with Gasteiger partial charge in [-0.1, -0.05) is 51.9 Å². The molecule has 1 fully saturated rings. The molecule has 1 saturated carbocycles. The van der Waals surface area contributed by atoms with E-state index in [2.05, 4.69) is 6.92 Å². The van der Waals surface area contributed by atoms with Crippen LogP contribution in [-0.2, 0) is 4.79 Å². The monoisotopic (exact) mass is 352 g/mol. The summed E-state index contributed by atoms with van der Waals surface area (Å²) in [4.78, 5) is 12.2. The zero-order valence-electron chi connectivity index (χ0n) is 15.2. The first-order valence-electron chi connectivity index (χ1n) is 9.77. The van der Waals surface area contributed by atoms with Gasteiger partial charge in [-0.2, -0.15) is 0 Å². The van der Waals surface area contributed by atoms with E-state index in [9.17, 15) is 13.6 Å². The molecule has 0 aliphatic heterocycles. The van der Waals surface area contributed by atoms with Gasteiger partial charge in [0.15, 0.2) is 11.6 Å². The van der Waals surface area contributed by atoms with Gasteiger partial charge in [-0.25, -0.2) is 8.78 Å². The second kappa shape index (κ2) is 10.5. The van der Waals surface area contributed by atoms with E-state index in [-0.39, 0.29) is 17.6 Å². The predicted molar refractivity (Wildman–Crippen MR) is 95.4 cm³/mol. The van der Waals surface area contributed by atoms with Gasteiger partial charge < -0.3 is 4.74 Å². The van der Waals surface area contributed by atoms with Crippen molar-refractivity contribution in [1.29, 1.82) is 0 Å². The molecular weight excluding hydrogens is 322 g/mol. The number of hydrogen-bond donors (Lipinski definition) is 0. The van der Waals surface area contributed by atoms with Gasteiger partial charge in [-0.05, 0) is 43.7 Å². The minimum absolute atomic E-state index is 0.162. The van der Waals surface area contributed by atoms with Gasteiger partial charge in [0.2, 0.25) is 0 Å². The molecule has 0 bridgehead atoms. The lowest BCUT2D eigenvalue weighted by molar-refractivity contribution is -0.140. The van der Waals surface area contributed by atoms with Crippen LogP contribution in [0.25, 0.3) is 0 Å². The summed E-state index contributed by atoms with van der Waals surface area (Å²) >= 11 is 0. The number of carbonyl (C=O) groups is 1. The molecule has 0 saturated heterocycles. The zero-order valence-corrected chi connectivity index (χ0v) is 15.2. The average Bonchev–Trinajstić information content (AvgIpc) is 2.61. The maximum absolute atomic E-state index is 13.6. The smallest absolute Gasteiger partial charge is 0.314 e. The Morgan fingerprint density at radius 1 is 1.04 bits per heavy atom. The average molecular weight is 352 g/mol. The third-order valence-corrected chi connectivity index (χ3v) is 5.25. The molecule has 0 unspecified atom stereocenters. The van der Waals surface area contributed by atoms with Crippen LogP contribution in [0.3, 0.4) is 0 Å². The van der Waals surface area contributed by atoms with Gasteiger partial charge in [0.05, 0.1) is 5.92 Å². The van der Waals surface area contributed by atoms with Crippen LogP contribution < -0.4 is 4.74 Å². The Morgan fingerprint density at radius 3 is 2.40 bits per heavy atom. The number of ether oxygens (including phenoxy) is 1. The molecule has 4 heteroatoms. The predicted octanol–water partition coefficient (Wildman–Crippen LogP) is 6.43. The lowest BCUT2D eigenvalue weighted by Crippen LogP contribution is -2.26. The van der Waals surface area contributed by atoms with Crippen LogP contribution in [0.1, 0.15) is 77.6 Å². The number of esters is 1. The van der Waals surface area contributed by atoms with Gasteiger partial charge in [-0.15, -0.1) is 0 Å². The maximum Gasteiger partial charge on any atom is 0.314 e. The summed E-state index contributed by atoms with van der Waals surface area (Å²) in [7, 11) is 0. The van der Waals surface area contributed by atoms with Crippen LogP contribution in [0.2, 0.25) is 0 Å². The van der Waals surface area contributed by atoms with Crippen LogP contribution in [0.15, 0.2) is 18.2 Å². The quantitative estimate of drug-likeness (QED) is 0.291. The van der Waals surface area contributed by atoms with Gasteiger partial charge >= 0.3 is 5.97 Å². The SMILES string of the molecule is CCCCCCCCC1CCC(C(=O)Oc2ccc(F)cc2F)CC1. The number of unbranched alkanes of at least 4 members (excludes halogenated alkanes) is 5. The Hall–Kier alpha value is -1.45. The Bertz CT molecular complexity index is 537. The maximum atomic E-state index is 13.6. The fourth-order valence-corrected chi connectivity index (χ4v) is 3.65. The van der Waals surface area contributed by atoms with Crippen LogP contribution in [0.5, 0.6) is 5.75 Å². The number of rotatable bonds is 9. The van der Waals surface area contributed by atoms with Crippen molar-refractivity contribution < 1.29 is 18.3 Å². The second-order valence-corrected chi connectivity index (χ2v) is 7.27. The van der Waals surface area contributed by atoms with Crippen LogP contribution in [0.4, 0.5) is 8.78 Å². The number of benzene rings is 1.